The van der Waals surface area contributed by atoms with Gasteiger partial charge in [0.2, 0.25) is 5.91 Å². The van der Waals surface area contributed by atoms with E-state index in [-0.39, 0.29) is 10.9 Å². The van der Waals surface area contributed by atoms with Gasteiger partial charge in [0.05, 0.1) is 17.0 Å². The van der Waals surface area contributed by atoms with Gasteiger partial charge in [0.1, 0.15) is 0 Å². The van der Waals surface area contributed by atoms with Crippen LogP contribution in [0.4, 0.5) is 0 Å². The normalized spacial score (nSPS) is 23.8. The van der Waals surface area contributed by atoms with E-state index in [2.05, 4.69) is 5.32 Å². The van der Waals surface area contributed by atoms with Crippen molar-refractivity contribution in [2.24, 2.45) is 17.1 Å². The zero-order chi connectivity index (χ0) is 12.2. The summed E-state index contributed by atoms with van der Waals surface area (Å²) in [6.45, 7) is 5.88. The summed E-state index contributed by atoms with van der Waals surface area (Å²) in [4.78, 5) is 12.2. The summed E-state index contributed by atoms with van der Waals surface area (Å²) >= 11 is 4.95. The number of hydrogen-bond acceptors (Lipinski definition) is 3. The molecule has 16 heavy (non-hydrogen) atoms. The molecule has 1 saturated heterocycles. The van der Waals surface area contributed by atoms with Crippen molar-refractivity contribution in [1.82, 2.24) is 5.32 Å². The topological polar surface area (TPSA) is 64.3 Å². The van der Waals surface area contributed by atoms with Crippen molar-refractivity contribution < 1.29 is 9.53 Å². The van der Waals surface area contributed by atoms with E-state index in [1.54, 1.807) is 6.92 Å². The van der Waals surface area contributed by atoms with Gasteiger partial charge in [0.25, 0.3) is 0 Å². The van der Waals surface area contributed by atoms with Gasteiger partial charge < -0.3 is 15.8 Å². The van der Waals surface area contributed by atoms with Crippen LogP contribution >= 0.6 is 12.2 Å². The lowest BCUT2D eigenvalue weighted by atomic mass is 9.86. The number of rotatable bonds is 5. The summed E-state index contributed by atoms with van der Waals surface area (Å²) in [7, 11) is 0. The third-order valence-electron chi connectivity index (χ3n) is 3.33. The second-order valence-corrected chi connectivity index (χ2v) is 4.93. The molecule has 2 atom stereocenters. The third-order valence-corrected chi connectivity index (χ3v) is 3.78. The summed E-state index contributed by atoms with van der Waals surface area (Å²) in [5.41, 5.74) is 4.88. The van der Waals surface area contributed by atoms with Gasteiger partial charge >= 0.3 is 0 Å². The second kappa shape index (κ2) is 5.59. The average Bonchev–Trinajstić information content (AvgIpc) is 2.77. The van der Waals surface area contributed by atoms with Crippen molar-refractivity contribution in [2.45, 2.75) is 26.7 Å². The van der Waals surface area contributed by atoms with Crippen molar-refractivity contribution in [3.8, 4) is 0 Å². The van der Waals surface area contributed by atoms with E-state index in [4.69, 9.17) is 22.7 Å². The molecular formula is C11H20N2O2S. The molecule has 92 valence electrons. The molecule has 1 amide bonds. The molecule has 0 aromatic heterocycles. The number of carbonyl (C=O) groups is 1. The maximum atomic E-state index is 12.0. The molecule has 1 rings (SSSR count). The molecule has 1 aliphatic rings. The van der Waals surface area contributed by atoms with Crippen LogP contribution in [-0.2, 0) is 9.53 Å². The van der Waals surface area contributed by atoms with Gasteiger partial charge in [-0.25, -0.2) is 0 Å². The predicted octanol–water partition coefficient (Wildman–Crippen LogP) is 0.842. The largest absolute Gasteiger partial charge is 0.392 e. The third kappa shape index (κ3) is 2.92. The van der Waals surface area contributed by atoms with E-state index in [9.17, 15) is 4.79 Å². The minimum Gasteiger partial charge on any atom is -0.392 e. The molecule has 0 spiro atoms. The Morgan fingerprint density at radius 2 is 2.38 bits per heavy atom. The van der Waals surface area contributed by atoms with Gasteiger partial charge in [0, 0.05) is 19.1 Å². The Bertz CT molecular complexity index is 277. The molecule has 3 N–H and O–H groups in total. The maximum Gasteiger partial charge on any atom is 0.232 e. The predicted molar refractivity (Wildman–Crippen MR) is 67.1 cm³/mol. The lowest BCUT2D eigenvalue weighted by molar-refractivity contribution is -0.127. The van der Waals surface area contributed by atoms with E-state index < -0.39 is 5.41 Å². The first kappa shape index (κ1) is 13.4. The summed E-state index contributed by atoms with van der Waals surface area (Å²) < 4.78 is 5.25. The van der Waals surface area contributed by atoms with E-state index in [0.717, 1.165) is 19.6 Å². The number of carbonyl (C=O) groups excluding carboxylic acids is 1. The maximum absolute atomic E-state index is 12.0. The van der Waals surface area contributed by atoms with Crippen LogP contribution in [0.3, 0.4) is 0 Å². The SMILES string of the molecule is CCC(C)(C(=O)NCC1CCOC1)C(N)=S. The first-order chi connectivity index (χ1) is 7.50. The van der Waals surface area contributed by atoms with Gasteiger partial charge in [-0.1, -0.05) is 19.1 Å². The van der Waals surface area contributed by atoms with Crippen LogP contribution in [0.25, 0.3) is 0 Å². The van der Waals surface area contributed by atoms with Gasteiger partial charge in [0.15, 0.2) is 0 Å². The van der Waals surface area contributed by atoms with Crippen molar-refractivity contribution in [3.63, 3.8) is 0 Å². The van der Waals surface area contributed by atoms with Crippen LogP contribution in [0.2, 0.25) is 0 Å². The zero-order valence-electron chi connectivity index (χ0n) is 9.91. The number of hydrogen-bond donors (Lipinski definition) is 2. The lowest BCUT2D eigenvalue weighted by Gasteiger charge is -2.26. The molecule has 1 aliphatic heterocycles. The monoisotopic (exact) mass is 244 g/mol. The molecule has 5 heteroatoms. The van der Waals surface area contributed by atoms with E-state index in [0.29, 0.717) is 18.9 Å². The van der Waals surface area contributed by atoms with Crippen LogP contribution in [0.1, 0.15) is 26.7 Å². The Hall–Kier alpha value is -0.680. The minimum absolute atomic E-state index is 0.0746. The fourth-order valence-electron chi connectivity index (χ4n) is 1.62. The average molecular weight is 244 g/mol. The number of nitrogens with one attached hydrogen (secondary N) is 1. The molecule has 4 nitrogen and oxygen atoms in total. The Morgan fingerprint density at radius 1 is 1.69 bits per heavy atom. The van der Waals surface area contributed by atoms with Crippen molar-refractivity contribution in [3.05, 3.63) is 0 Å². The highest BCUT2D eigenvalue weighted by molar-refractivity contribution is 7.80. The number of nitrogens with two attached hydrogens (primary N) is 1. The first-order valence-electron chi connectivity index (χ1n) is 5.66. The summed E-state index contributed by atoms with van der Waals surface area (Å²) in [6, 6.07) is 0. The number of ether oxygens (including phenoxy) is 1. The van der Waals surface area contributed by atoms with Crippen LogP contribution in [0.5, 0.6) is 0 Å². The Labute approximate surface area is 102 Å². The molecule has 1 heterocycles. The minimum atomic E-state index is -0.727. The van der Waals surface area contributed by atoms with Crippen molar-refractivity contribution in [2.75, 3.05) is 19.8 Å². The molecule has 0 bridgehead atoms. The smallest absolute Gasteiger partial charge is 0.232 e. The Balaban J connectivity index is 2.46. The Morgan fingerprint density at radius 3 is 2.81 bits per heavy atom. The van der Waals surface area contributed by atoms with Gasteiger partial charge in [-0.05, 0) is 19.8 Å². The van der Waals surface area contributed by atoms with Crippen LogP contribution in [0.15, 0.2) is 0 Å². The van der Waals surface area contributed by atoms with Crippen molar-refractivity contribution >= 4 is 23.1 Å². The van der Waals surface area contributed by atoms with Crippen LogP contribution < -0.4 is 11.1 Å². The molecule has 1 fully saturated rings. The highest BCUT2D eigenvalue weighted by Gasteiger charge is 2.34. The van der Waals surface area contributed by atoms with E-state index in [1.807, 2.05) is 6.92 Å². The van der Waals surface area contributed by atoms with Gasteiger partial charge in [-0.3, -0.25) is 4.79 Å². The fourth-order valence-corrected chi connectivity index (χ4v) is 1.86. The standard InChI is InChI=1S/C11H20N2O2S/c1-3-11(2,9(12)16)10(14)13-6-8-4-5-15-7-8/h8H,3-7H2,1-2H3,(H2,12,16)(H,13,14). The van der Waals surface area contributed by atoms with E-state index in [1.165, 1.54) is 0 Å². The molecule has 0 saturated carbocycles. The second-order valence-electron chi connectivity index (χ2n) is 4.49. The van der Waals surface area contributed by atoms with Gasteiger partial charge in [-0.2, -0.15) is 0 Å². The quantitative estimate of drug-likeness (QED) is 0.704. The van der Waals surface area contributed by atoms with E-state index >= 15 is 0 Å². The molecule has 0 aliphatic carbocycles. The zero-order valence-corrected chi connectivity index (χ0v) is 10.7. The highest BCUT2D eigenvalue weighted by Crippen LogP contribution is 2.22. The van der Waals surface area contributed by atoms with Gasteiger partial charge in [-0.15, -0.1) is 0 Å². The van der Waals surface area contributed by atoms with Crippen molar-refractivity contribution in [1.29, 1.82) is 0 Å². The molecule has 0 aromatic rings. The number of amides is 1. The summed E-state index contributed by atoms with van der Waals surface area (Å²) in [5.74, 6) is 0.353. The van der Waals surface area contributed by atoms with Crippen LogP contribution in [-0.4, -0.2) is 30.7 Å². The molecule has 0 radical (unpaired) electrons. The first-order valence-corrected chi connectivity index (χ1v) is 6.07. The summed E-state index contributed by atoms with van der Waals surface area (Å²) in [6.07, 6.45) is 1.63. The summed E-state index contributed by atoms with van der Waals surface area (Å²) in [5, 5.41) is 2.91. The highest BCUT2D eigenvalue weighted by atomic mass is 32.1. The number of thiocarbonyl (C=S) groups is 1. The molecular weight excluding hydrogens is 224 g/mol. The van der Waals surface area contributed by atoms with Crippen LogP contribution in [0, 0.1) is 11.3 Å². The Kier molecular flexibility index (Phi) is 4.68. The molecule has 0 aromatic carbocycles. The fraction of sp³-hybridized carbons (Fsp3) is 0.818. The molecule has 2 unspecified atom stereocenters. The lowest BCUT2D eigenvalue weighted by Crippen LogP contribution is -2.47.